The molecule has 0 bridgehead atoms. The highest BCUT2D eigenvalue weighted by Gasteiger charge is 2.31. The van der Waals surface area contributed by atoms with Crippen molar-refractivity contribution < 1.29 is 23.4 Å². The molecule has 154 valence electrons. The van der Waals surface area contributed by atoms with Gasteiger partial charge in [-0.25, -0.2) is 8.78 Å². The number of carboxylic acids is 1. The molecule has 3 atom stereocenters. The van der Waals surface area contributed by atoms with E-state index in [4.69, 9.17) is 9.84 Å². The van der Waals surface area contributed by atoms with Crippen molar-refractivity contribution in [3.63, 3.8) is 0 Å². The van der Waals surface area contributed by atoms with Gasteiger partial charge >= 0.3 is 5.97 Å². The Morgan fingerprint density at radius 3 is 2.61 bits per heavy atom. The van der Waals surface area contributed by atoms with Crippen LogP contribution in [0.1, 0.15) is 43.7 Å². The first-order valence-corrected chi connectivity index (χ1v) is 10.1. The van der Waals surface area contributed by atoms with Gasteiger partial charge in [-0.3, -0.25) is 10.1 Å². The van der Waals surface area contributed by atoms with Gasteiger partial charge in [-0.15, -0.1) is 0 Å². The number of hydrogen-bond donors (Lipinski definition) is 3. The van der Waals surface area contributed by atoms with E-state index in [1.165, 1.54) is 18.6 Å². The molecule has 2 heterocycles. The van der Waals surface area contributed by atoms with Crippen LogP contribution in [0.2, 0.25) is 0 Å². The van der Waals surface area contributed by atoms with Crippen LogP contribution in [-0.4, -0.2) is 49.6 Å². The van der Waals surface area contributed by atoms with Crippen LogP contribution in [0.3, 0.4) is 0 Å². The van der Waals surface area contributed by atoms with Crippen molar-refractivity contribution >= 4 is 11.7 Å². The summed E-state index contributed by atoms with van der Waals surface area (Å²) in [7, 11) is 0. The smallest absolute Gasteiger partial charge is 0.303 e. The van der Waals surface area contributed by atoms with Crippen LogP contribution in [0, 0.1) is 17.6 Å². The average molecular weight is 395 g/mol. The quantitative estimate of drug-likeness (QED) is 0.687. The zero-order valence-corrected chi connectivity index (χ0v) is 15.8. The molecular formula is C20H27F2N3O3. The summed E-state index contributed by atoms with van der Waals surface area (Å²) in [5.41, 5.74) is 0.497. The monoisotopic (exact) mass is 395 g/mol. The molecule has 0 radical (unpaired) electrons. The minimum atomic E-state index is -0.877. The largest absolute Gasteiger partial charge is 0.481 e. The van der Waals surface area contributed by atoms with E-state index in [0.717, 1.165) is 12.8 Å². The Labute approximate surface area is 163 Å². The zero-order valence-electron chi connectivity index (χ0n) is 15.8. The lowest BCUT2D eigenvalue weighted by molar-refractivity contribution is -0.137. The lowest BCUT2D eigenvalue weighted by atomic mass is 9.96. The van der Waals surface area contributed by atoms with Crippen LogP contribution in [0.25, 0.3) is 0 Å². The summed E-state index contributed by atoms with van der Waals surface area (Å²) >= 11 is 0. The molecule has 3 fully saturated rings. The Morgan fingerprint density at radius 2 is 1.96 bits per heavy atom. The molecule has 1 aromatic carbocycles. The molecule has 3 aliphatic rings. The fourth-order valence-corrected chi connectivity index (χ4v) is 4.28. The highest BCUT2D eigenvalue weighted by Crippen LogP contribution is 2.33. The first-order chi connectivity index (χ1) is 13.5. The van der Waals surface area contributed by atoms with E-state index >= 15 is 0 Å². The number of carbonyl (C=O) groups is 1. The first-order valence-electron chi connectivity index (χ1n) is 10.1. The Morgan fingerprint density at radius 1 is 1.21 bits per heavy atom. The van der Waals surface area contributed by atoms with Crippen molar-refractivity contribution in [2.24, 2.45) is 5.92 Å². The maximum absolute atomic E-state index is 14.8. The molecule has 28 heavy (non-hydrogen) atoms. The van der Waals surface area contributed by atoms with Gasteiger partial charge in [-0.2, -0.15) is 0 Å². The summed E-state index contributed by atoms with van der Waals surface area (Å²) in [6.45, 7) is 2.08. The van der Waals surface area contributed by atoms with Crippen LogP contribution in [0.4, 0.5) is 14.5 Å². The minimum Gasteiger partial charge on any atom is -0.481 e. The van der Waals surface area contributed by atoms with E-state index < -0.39 is 17.6 Å². The van der Waals surface area contributed by atoms with Crippen LogP contribution >= 0.6 is 0 Å². The van der Waals surface area contributed by atoms with Crippen molar-refractivity contribution in [1.82, 2.24) is 10.6 Å². The summed E-state index contributed by atoms with van der Waals surface area (Å²) in [5, 5.41) is 15.5. The maximum atomic E-state index is 14.8. The number of anilines is 1. The number of halogens is 2. The van der Waals surface area contributed by atoms with Gasteiger partial charge in [0.25, 0.3) is 0 Å². The van der Waals surface area contributed by atoms with E-state index in [9.17, 15) is 13.6 Å². The zero-order chi connectivity index (χ0) is 19.7. The minimum absolute atomic E-state index is 0.0257. The molecule has 1 aromatic rings. The van der Waals surface area contributed by atoms with Gasteiger partial charge in [0.1, 0.15) is 23.5 Å². The van der Waals surface area contributed by atoms with Crippen LogP contribution in [0.5, 0.6) is 0 Å². The molecule has 2 saturated heterocycles. The maximum Gasteiger partial charge on any atom is 0.303 e. The van der Waals surface area contributed by atoms with Crippen molar-refractivity contribution in [3.05, 3.63) is 29.3 Å². The second-order valence-electron chi connectivity index (χ2n) is 8.09. The highest BCUT2D eigenvalue weighted by atomic mass is 19.1. The molecule has 1 saturated carbocycles. The van der Waals surface area contributed by atoms with Gasteiger partial charge in [-0.1, -0.05) is 0 Å². The number of benzene rings is 1. The third-order valence-corrected chi connectivity index (χ3v) is 5.98. The highest BCUT2D eigenvalue weighted by molar-refractivity contribution is 5.67. The standard InChI is InChI=1S/C20H27F2N3O3/c21-15-7-13(17-9-23-10-18(24-17)28-14-2-1-3-14)8-16(22)20(15)25-5-4-12(11-25)6-19(26)27/h7-8,12,14,17-18,23-24H,1-6,9-11H2,(H,26,27). The van der Waals surface area contributed by atoms with Crippen molar-refractivity contribution in [2.45, 2.75) is 50.5 Å². The SMILES string of the molecule is O=C(O)CC1CCN(c2c(F)cc(C3CNCC(OC4CCC4)N3)cc2F)C1. The number of aliphatic carboxylic acids is 1. The fourth-order valence-electron chi connectivity index (χ4n) is 4.28. The molecule has 4 rings (SSSR count). The summed E-state index contributed by atoms with van der Waals surface area (Å²) in [4.78, 5) is 12.5. The lowest BCUT2D eigenvalue weighted by Gasteiger charge is -2.37. The fraction of sp³-hybridized carbons (Fsp3) is 0.650. The van der Waals surface area contributed by atoms with Gasteiger partial charge < -0.3 is 20.1 Å². The van der Waals surface area contributed by atoms with Gasteiger partial charge in [0.15, 0.2) is 0 Å². The summed E-state index contributed by atoms with van der Waals surface area (Å²) in [5.74, 6) is -2.16. The molecule has 3 N–H and O–H groups in total. The number of nitrogens with zero attached hydrogens (tertiary/aromatic N) is 1. The Hall–Kier alpha value is -1.77. The summed E-state index contributed by atoms with van der Waals surface area (Å²) < 4.78 is 35.6. The topological polar surface area (TPSA) is 73.8 Å². The van der Waals surface area contributed by atoms with Crippen LogP contribution in [0.15, 0.2) is 12.1 Å². The lowest BCUT2D eigenvalue weighted by Crippen LogP contribution is -2.53. The van der Waals surface area contributed by atoms with Gasteiger partial charge in [0.2, 0.25) is 0 Å². The number of rotatable bonds is 6. The van der Waals surface area contributed by atoms with Gasteiger partial charge in [0, 0.05) is 38.6 Å². The Bertz CT molecular complexity index is 706. The molecule has 1 aliphatic carbocycles. The molecular weight excluding hydrogens is 368 g/mol. The van der Waals surface area contributed by atoms with Crippen LogP contribution in [-0.2, 0) is 9.53 Å². The van der Waals surface area contributed by atoms with E-state index in [2.05, 4.69) is 10.6 Å². The number of nitrogens with one attached hydrogen (secondary N) is 2. The van der Waals surface area contributed by atoms with Crippen LogP contribution < -0.4 is 15.5 Å². The molecule has 2 aliphatic heterocycles. The molecule has 8 heteroatoms. The Kier molecular flexibility index (Phi) is 5.80. The molecule has 0 spiro atoms. The normalized spacial score (nSPS) is 28.4. The molecule has 6 nitrogen and oxygen atoms in total. The first kappa shape index (κ1) is 19.5. The number of carboxylic acid groups (broad SMARTS) is 1. The van der Waals surface area contributed by atoms with E-state index in [0.29, 0.717) is 38.2 Å². The third kappa shape index (κ3) is 4.29. The molecule has 0 amide bonds. The van der Waals surface area contributed by atoms with E-state index in [1.807, 2.05) is 0 Å². The number of piperazine rings is 1. The predicted octanol–water partition coefficient (Wildman–Crippen LogP) is 2.39. The van der Waals surface area contributed by atoms with Gasteiger partial charge in [-0.05, 0) is 49.3 Å². The van der Waals surface area contributed by atoms with Crippen molar-refractivity contribution in [3.8, 4) is 0 Å². The third-order valence-electron chi connectivity index (χ3n) is 5.98. The second kappa shape index (κ2) is 8.31. The predicted molar refractivity (Wildman–Crippen MR) is 100 cm³/mol. The van der Waals surface area contributed by atoms with Crippen molar-refractivity contribution in [2.75, 3.05) is 31.1 Å². The summed E-state index contributed by atoms with van der Waals surface area (Å²) in [6, 6.07) is 2.54. The van der Waals surface area contributed by atoms with Gasteiger partial charge in [0.05, 0.1) is 6.10 Å². The number of hydrogen-bond acceptors (Lipinski definition) is 5. The molecule has 0 aromatic heterocycles. The second-order valence-corrected chi connectivity index (χ2v) is 8.09. The average Bonchev–Trinajstić information content (AvgIpc) is 3.05. The Balaban J connectivity index is 1.44. The summed E-state index contributed by atoms with van der Waals surface area (Å²) in [6.07, 6.45) is 4.10. The van der Waals surface area contributed by atoms with E-state index in [1.54, 1.807) is 4.90 Å². The molecule has 3 unspecified atom stereocenters. The number of ether oxygens (including phenoxy) is 1. The van der Waals surface area contributed by atoms with Crippen molar-refractivity contribution in [1.29, 1.82) is 0 Å². The van der Waals surface area contributed by atoms with E-state index in [-0.39, 0.29) is 36.4 Å².